The Balaban J connectivity index is 2.26. The number of esters is 1. The minimum absolute atomic E-state index is 0.00530. The van der Waals surface area contributed by atoms with Crippen LogP contribution >= 0.6 is 0 Å². The molecule has 0 saturated heterocycles. The molecule has 5 nitrogen and oxygen atoms in total. The average molecular weight is 278 g/mol. The highest BCUT2D eigenvalue weighted by molar-refractivity contribution is 5.85. The highest BCUT2D eigenvalue weighted by atomic mass is 16.5. The largest absolute Gasteiger partial charge is 0.487 e. The first-order valence-corrected chi connectivity index (χ1v) is 7.03. The van der Waals surface area contributed by atoms with Crippen molar-refractivity contribution in [3.63, 3.8) is 0 Å². The predicted octanol–water partition coefficient (Wildman–Crippen LogP) is 2.20. The molecule has 2 rings (SSSR count). The predicted molar refractivity (Wildman–Crippen MR) is 79.0 cm³/mol. The van der Waals surface area contributed by atoms with Crippen LogP contribution in [0.3, 0.4) is 0 Å². The lowest BCUT2D eigenvalue weighted by molar-refractivity contribution is -0.144. The smallest absolute Gasteiger partial charge is 0.328 e. The van der Waals surface area contributed by atoms with Gasteiger partial charge in [-0.2, -0.15) is 0 Å². The standard InChI is InChI=1S/C15H22N2O3/c1-4-8-19-15(18)11(3)17-9-10(2)20-13-7-5-6-12(16)14(13)17/h5-7,10-11H,4,8-9,16H2,1-3H3. The highest BCUT2D eigenvalue weighted by Crippen LogP contribution is 2.39. The second-order valence-electron chi connectivity index (χ2n) is 5.12. The van der Waals surface area contributed by atoms with Gasteiger partial charge in [0.05, 0.1) is 18.8 Å². The van der Waals surface area contributed by atoms with E-state index >= 15 is 0 Å². The Morgan fingerprint density at radius 2 is 2.35 bits per heavy atom. The zero-order valence-corrected chi connectivity index (χ0v) is 12.3. The van der Waals surface area contributed by atoms with Gasteiger partial charge in [0.25, 0.3) is 0 Å². The van der Waals surface area contributed by atoms with Crippen LogP contribution in [0.2, 0.25) is 0 Å². The molecule has 2 N–H and O–H groups in total. The van der Waals surface area contributed by atoms with Crippen LogP contribution in [0.4, 0.5) is 11.4 Å². The van der Waals surface area contributed by atoms with Crippen molar-refractivity contribution in [2.24, 2.45) is 0 Å². The molecule has 0 spiro atoms. The van der Waals surface area contributed by atoms with Gasteiger partial charge in [0.15, 0.2) is 0 Å². The Morgan fingerprint density at radius 3 is 3.05 bits per heavy atom. The number of anilines is 2. The summed E-state index contributed by atoms with van der Waals surface area (Å²) in [5.41, 5.74) is 7.44. The van der Waals surface area contributed by atoms with Gasteiger partial charge in [-0.25, -0.2) is 4.79 Å². The molecule has 2 unspecified atom stereocenters. The molecule has 1 aromatic carbocycles. The van der Waals surface area contributed by atoms with E-state index in [-0.39, 0.29) is 18.1 Å². The molecule has 0 amide bonds. The third kappa shape index (κ3) is 2.81. The van der Waals surface area contributed by atoms with Crippen LogP contribution in [0.15, 0.2) is 18.2 Å². The van der Waals surface area contributed by atoms with Gasteiger partial charge in [-0.1, -0.05) is 13.0 Å². The Kier molecular flexibility index (Phi) is 4.37. The molecule has 20 heavy (non-hydrogen) atoms. The number of rotatable bonds is 4. The molecule has 1 aromatic rings. The van der Waals surface area contributed by atoms with Crippen LogP contribution < -0.4 is 15.4 Å². The Morgan fingerprint density at radius 1 is 1.60 bits per heavy atom. The van der Waals surface area contributed by atoms with E-state index in [1.165, 1.54) is 0 Å². The van der Waals surface area contributed by atoms with Crippen LogP contribution in [0.25, 0.3) is 0 Å². The van der Waals surface area contributed by atoms with Crippen molar-refractivity contribution in [3.8, 4) is 5.75 Å². The van der Waals surface area contributed by atoms with Gasteiger partial charge in [-0.3, -0.25) is 0 Å². The van der Waals surface area contributed by atoms with E-state index in [9.17, 15) is 4.79 Å². The molecular weight excluding hydrogens is 256 g/mol. The first-order chi connectivity index (χ1) is 9.54. The third-order valence-electron chi connectivity index (χ3n) is 3.36. The molecule has 0 fully saturated rings. The molecule has 0 radical (unpaired) electrons. The minimum Gasteiger partial charge on any atom is -0.487 e. The average Bonchev–Trinajstić information content (AvgIpc) is 2.43. The molecule has 5 heteroatoms. The summed E-state index contributed by atoms with van der Waals surface area (Å²) in [6.07, 6.45) is 0.821. The zero-order chi connectivity index (χ0) is 14.7. The first-order valence-electron chi connectivity index (χ1n) is 7.03. The lowest BCUT2D eigenvalue weighted by atomic mass is 10.1. The monoisotopic (exact) mass is 278 g/mol. The van der Waals surface area contributed by atoms with Gasteiger partial charge in [0, 0.05) is 0 Å². The molecule has 1 heterocycles. The Bertz CT molecular complexity index is 490. The van der Waals surface area contributed by atoms with Gasteiger partial charge in [-0.15, -0.1) is 0 Å². The van der Waals surface area contributed by atoms with E-state index in [1.807, 2.05) is 43.9 Å². The maximum atomic E-state index is 12.1. The van der Waals surface area contributed by atoms with Crippen molar-refractivity contribution in [1.29, 1.82) is 0 Å². The van der Waals surface area contributed by atoms with Crippen LogP contribution in [0.5, 0.6) is 5.75 Å². The summed E-state index contributed by atoms with van der Waals surface area (Å²) in [6.45, 7) is 6.85. The van der Waals surface area contributed by atoms with E-state index in [0.29, 0.717) is 18.8 Å². The number of nitrogens with two attached hydrogens (primary N) is 1. The van der Waals surface area contributed by atoms with Gasteiger partial charge < -0.3 is 20.1 Å². The minimum atomic E-state index is -0.378. The molecule has 0 aromatic heterocycles. The number of nitrogens with zero attached hydrogens (tertiary/aromatic N) is 1. The topological polar surface area (TPSA) is 64.8 Å². The van der Waals surface area contributed by atoms with E-state index in [1.54, 1.807) is 0 Å². The molecule has 0 bridgehead atoms. The Labute approximate surface area is 119 Å². The number of nitrogen functional groups attached to an aromatic ring is 1. The summed E-state index contributed by atoms with van der Waals surface area (Å²) in [5, 5.41) is 0. The summed E-state index contributed by atoms with van der Waals surface area (Å²) in [5.74, 6) is 0.494. The molecule has 110 valence electrons. The van der Waals surface area contributed by atoms with E-state index in [0.717, 1.165) is 17.9 Å². The third-order valence-corrected chi connectivity index (χ3v) is 3.36. The molecule has 1 aliphatic rings. The Hall–Kier alpha value is -1.91. The van der Waals surface area contributed by atoms with Gasteiger partial charge in [-0.05, 0) is 32.4 Å². The van der Waals surface area contributed by atoms with Gasteiger partial charge in [0.2, 0.25) is 0 Å². The number of ether oxygens (including phenoxy) is 2. The summed E-state index contributed by atoms with van der Waals surface area (Å²) in [6, 6.07) is 5.16. The molecule has 2 atom stereocenters. The fraction of sp³-hybridized carbons (Fsp3) is 0.533. The lowest BCUT2D eigenvalue weighted by Gasteiger charge is -2.38. The normalized spacial score (nSPS) is 18.9. The molecule has 1 aliphatic heterocycles. The fourth-order valence-corrected chi connectivity index (χ4v) is 2.37. The summed E-state index contributed by atoms with van der Waals surface area (Å²) in [4.78, 5) is 14.1. The van der Waals surface area contributed by atoms with Gasteiger partial charge in [0.1, 0.15) is 23.6 Å². The number of carbonyl (C=O) groups excluding carboxylic acids is 1. The number of para-hydroxylation sites is 1. The SMILES string of the molecule is CCCOC(=O)C(C)N1CC(C)Oc2cccc(N)c21. The zero-order valence-electron chi connectivity index (χ0n) is 12.3. The van der Waals surface area contributed by atoms with Crippen LogP contribution in [0.1, 0.15) is 27.2 Å². The summed E-state index contributed by atoms with van der Waals surface area (Å²) >= 11 is 0. The van der Waals surface area contributed by atoms with E-state index in [2.05, 4.69) is 0 Å². The van der Waals surface area contributed by atoms with Crippen molar-refractivity contribution in [2.75, 3.05) is 23.8 Å². The van der Waals surface area contributed by atoms with Crippen molar-refractivity contribution in [3.05, 3.63) is 18.2 Å². The fourth-order valence-electron chi connectivity index (χ4n) is 2.37. The van der Waals surface area contributed by atoms with Crippen LogP contribution in [-0.4, -0.2) is 31.3 Å². The maximum absolute atomic E-state index is 12.1. The molecule has 0 aliphatic carbocycles. The van der Waals surface area contributed by atoms with Gasteiger partial charge >= 0.3 is 5.97 Å². The summed E-state index contributed by atoms with van der Waals surface area (Å²) < 4.78 is 11.0. The lowest BCUT2D eigenvalue weighted by Crippen LogP contribution is -2.47. The number of fused-ring (bicyclic) bond motifs is 1. The van der Waals surface area contributed by atoms with Crippen molar-refractivity contribution in [1.82, 2.24) is 0 Å². The van der Waals surface area contributed by atoms with Crippen molar-refractivity contribution in [2.45, 2.75) is 39.3 Å². The molecular formula is C15H22N2O3. The quantitative estimate of drug-likeness (QED) is 0.675. The first kappa shape index (κ1) is 14.5. The second kappa shape index (κ2) is 6.03. The second-order valence-corrected chi connectivity index (χ2v) is 5.12. The van der Waals surface area contributed by atoms with Crippen LogP contribution in [0, 0.1) is 0 Å². The highest BCUT2D eigenvalue weighted by Gasteiger charge is 2.32. The van der Waals surface area contributed by atoms with Crippen molar-refractivity contribution < 1.29 is 14.3 Å². The van der Waals surface area contributed by atoms with E-state index in [4.69, 9.17) is 15.2 Å². The number of hydrogen-bond acceptors (Lipinski definition) is 5. The number of benzene rings is 1. The van der Waals surface area contributed by atoms with E-state index < -0.39 is 0 Å². The number of carbonyl (C=O) groups is 1. The number of hydrogen-bond donors (Lipinski definition) is 1. The summed E-state index contributed by atoms with van der Waals surface area (Å²) in [7, 11) is 0. The van der Waals surface area contributed by atoms with Crippen molar-refractivity contribution >= 4 is 17.3 Å². The maximum Gasteiger partial charge on any atom is 0.328 e. The molecule has 0 saturated carbocycles. The van der Waals surface area contributed by atoms with Crippen LogP contribution in [-0.2, 0) is 9.53 Å².